The molecule has 1 N–H and O–H groups in total. The Hall–Kier alpha value is -1.03. The standard InChI is InChI=1S/C16H25ClN2O2/c1-3-16(8-5-4-6-9-16)13-11-14(19-21-13)18-15(20)12(2)7-10-17/h11-12H,3-10H2,1-2H3,(H,18,19,20). The van der Waals surface area contributed by atoms with Crippen molar-refractivity contribution in [3.05, 3.63) is 11.8 Å². The number of anilines is 1. The van der Waals surface area contributed by atoms with E-state index in [9.17, 15) is 4.79 Å². The predicted molar refractivity (Wildman–Crippen MR) is 84.7 cm³/mol. The fourth-order valence-electron chi connectivity index (χ4n) is 3.13. The molecule has 1 heterocycles. The largest absolute Gasteiger partial charge is 0.359 e. The first-order valence-electron chi connectivity index (χ1n) is 7.95. The second kappa shape index (κ2) is 7.30. The SMILES string of the molecule is CCC1(c2cc(NC(=O)C(C)CCCl)no2)CCCCC1. The normalized spacial score (nSPS) is 19.2. The van der Waals surface area contributed by atoms with Gasteiger partial charge < -0.3 is 9.84 Å². The second-order valence-corrected chi connectivity index (χ2v) is 6.52. The highest BCUT2D eigenvalue weighted by Gasteiger charge is 2.36. The number of carbonyl (C=O) groups is 1. The Kier molecular flexibility index (Phi) is 5.68. The minimum absolute atomic E-state index is 0.0512. The van der Waals surface area contributed by atoms with Crippen LogP contribution in [0.5, 0.6) is 0 Å². The van der Waals surface area contributed by atoms with Crippen LogP contribution in [0.15, 0.2) is 10.6 Å². The molecule has 21 heavy (non-hydrogen) atoms. The molecule has 0 aliphatic heterocycles. The van der Waals surface area contributed by atoms with E-state index in [1.807, 2.05) is 13.0 Å². The first kappa shape index (κ1) is 16.3. The van der Waals surface area contributed by atoms with Crippen molar-refractivity contribution in [3.63, 3.8) is 0 Å². The minimum atomic E-state index is -0.113. The lowest BCUT2D eigenvalue weighted by Gasteiger charge is -2.33. The Morgan fingerprint density at radius 3 is 2.81 bits per heavy atom. The van der Waals surface area contributed by atoms with Crippen LogP contribution in [-0.2, 0) is 10.2 Å². The monoisotopic (exact) mass is 312 g/mol. The molecule has 0 radical (unpaired) electrons. The number of carbonyl (C=O) groups excluding carboxylic acids is 1. The van der Waals surface area contributed by atoms with Crippen molar-refractivity contribution in [3.8, 4) is 0 Å². The van der Waals surface area contributed by atoms with Crippen molar-refractivity contribution < 1.29 is 9.32 Å². The number of aromatic nitrogens is 1. The Morgan fingerprint density at radius 2 is 2.19 bits per heavy atom. The van der Waals surface area contributed by atoms with E-state index in [1.165, 1.54) is 19.3 Å². The maximum Gasteiger partial charge on any atom is 0.228 e. The van der Waals surface area contributed by atoms with Gasteiger partial charge in [-0.05, 0) is 25.7 Å². The zero-order valence-electron chi connectivity index (χ0n) is 13.0. The molecule has 1 aromatic heterocycles. The van der Waals surface area contributed by atoms with Gasteiger partial charge in [-0.3, -0.25) is 4.79 Å². The predicted octanol–water partition coefficient (Wildman–Crippen LogP) is 4.49. The van der Waals surface area contributed by atoms with Crippen molar-refractivity contribution in [1.29, 1.82) is 0 Å². The number of alkyl halides is 1. The van der Waals surface area contributed by atoms with Gasteiger partial charge in [0.05, 0.1) is 0 Å². The van der Waals surface area contributed by atoms with E-state index in [1.54, 1.807) is 0 Å². The maximum atomic E-state index is 12.0. The van der Waals surface area contributed by atoms with E-state index in [2.05, 4.69) is 17.4 Å². The van der Waals surface area contributed by atoms with E-state index >= 15 is 0 Å². The van der Waals surface area contributed by atoms with Crippen LogP contribution in [0.2, 0.25) is 0 Å². The van der Waals surface area contributed by atoms with Crippen molar-refractivity contribution >= 4 is 23.3 Å². The average Bonchev–Trinajstić information content (AvgIpc) is 2.97. The van der Waals surface area contributed by atoms with Gasteiger partial charge in [-0.1, -0.05) is 38.3 Å². The third kappa shape index (κ3) is 3.79. The summed E-state index contributed by atoms with van der Waals surface area (Å²) in [5.41, 5.74) is 0.107. The molecule has 1 aliphatic carbocycles. The summed E-state index contributed by atoms with van der Waals surface area (Å²) in [5, 5.41) is 6.85. The van der Waals surface area contributed by atoms with Crippen molar-refractivity contribution in [2.45, 2.75) is 64.2 Å². The second-order valence-electron chi connectivity index (χ2n) is 6.14. The van der Waals surface area contributed by atoms with Crippen LogP contribution in [-0.4, -0.2) is 16.9 Å². The summed E-state index contributed by atoms with van der Waals surface area (Å²) in [5.74, 6) is 1.76. The number of hydrogen-bond acceptors (Lipinski definition) is 3. The number of amides is 1. The highest BCUT2D eigenvalue weighted by Crippen LogP contribution is 2.42. The summed E-state index contributed by atoms with van der Waals surface area (Å²) in [6.07, 6.45) is 7.79. The van der Waals surface area contributed by atoms with Crippen LogP contribution in [0.1, 0.15) is 64.6 Å². The lowest BCUT2D eigenvalue weighted by Crippen LogP contribution is -2.27. The van der Waals surface area contributed by atoms with E-state index in [0.717, 1.165) is 25.0 Å². The topological polar surface area (TPSA) is 55.1 Å². The first-order valence-corrected chi connectivity index (χ1v) is 8.49. The van der Waals surface area contributed by atoms with Gasteiger partial charge in [0.15, 0.2) is 5.82 Å². The van der Waals surface area contributed by atoms with Crippen LogP contribution in [0, 0.1) is 5.92 Å². The third-order valence-corrected chi connectivity index (χ3v) is 4.98. The van der Waals surface area contributed by atoms with Crippen molar-refractivity contribution in [1.82, 2.24) is 5.16 Å². The van der Waals surface area contributed by atoms with Gasteiger partial charge >= 0.3 is 0 Å². The molecule has 1 atom stereocenters. The Bertz CT molecular complexity index is 467. The molecule has 1 aromatic rings. The molecule has 4 nitrogen and oxygen atoms in total. The lowest BCUT2D eigenvalue weighted by atomic mass is 9.70. The molecule has 118 valence electrons. The summed E-state index contributed by atoms with van der Waals surface area (Å²) in [7, 11) is 0. The number of hydrogen-bond donors (Lipinski definition) is 1. The molecule has 1 saturated carbocycles. The van der Waals surface area contributed by atoms with Gasteiger partial charge in [0.25, 0.3) is 0 Å². The quantitative estimate of drug-likeness (QED) is 0.787. The first-order chi connectivity index (χ1) is 10.1. The minimum Gasteiger partial charge on any atom is -0.359 e. The van der Waals surface area contributed by atoms with Crippen LogP contribution >= 0.6 is 11.6 Å². The molecule has 0 saturated heterocycles. The van der Waals surface area contributed by atoms with Crippen LogP contribution in [0.4, 0.5) is 5.82 Å². The average molecular weight is 313 g/mol. The van der Waals surface area contributed by atoms with E-state index in [-0.39, 0.29) is 17.2 Å². The van der Waals surface area contributed by atoms with Gasteiger partial charge in [0.1, 0.15) is 5.76 Å². The molecular weight excluding hydrogens is 288 g/mol. The van der Waals surface area contributed by atoms with Crippen LogP contribution in [0.3, 0.4) is 0 Å². The summed E-state index contributed by atoms with van der Waals surface area (Å²) in [4.78, 5) is 12.0. The Labute approximate surface area is 131 Å². The van der Waals surface area contributed by atoms with Crippen LogP contribution in [0.25, 0.3) is 0 Å². The summed E-state index contributed by atoms with van der Waals surface area (Å²) >= 11 is 5.67. The zero-order valence-corrected chi connectivity index (χ0v) is 13.7. The molecule has 1 unspecified atom stereocenters. The molecule has 1 aliphatic rings. The molecule has 5 heteroatoms. The fraction of sp³-hybridized carbons (Fsp3) is 0.750. The number of nitrogens with zero attached hydrogens (tertiary/aromatic N) is 1. The molecule has 1 fully saturated rings. The zero-order chi connectivity index (χ0) is 15.3. The molecule has 1 amide bonds. The summed E-state index contributed by atoms with van der Waals surface area (Å²) in [6, 6.07) is 1.90. The number of nitrogens with one attached hydrogen (secondary N) is 1. The molecular formula is C16H25ClN2O2. The Balaban J connectivity index is 2.05. The van der Waals surface area contributed by atoms with Gasteiger partial charge in [-0.15, -0.1) is 11.6 Å². The number of halogens is 1. The van der Waals surface area contributed by atoms with Crippen LogP contribution < -0.4 is 5.32 Å². The molecule has 0 aromatic carbocycles. The fourth-order valence-corrected chi connectivity index (χ4v) is 3.46. The van der Waals surface area contributed by atoms with Gasteiger partial charge in [-0.2, -0.15) is 0 Å². The Morgan fingerprint density at radius 1 is 1.48 bits per heavy atom. The lowest BCUT2D eigenvalue weighted by molar-refractivity contribution is -0.119. The number of rotatable bonds is 6. The molecule has 0 bridgehead atoms. The highest BCUT2D eigenvalue weighted by atomic mass is 35.5. The highest BCUT2D eigenvalue weighted by molar-refractivity contribution is 6.18. The molecule has 0 spiro atoms. The maximum absolute atomic E-state index is 12.0. The summed E-state index contributed by atoms with van der Waals surface area (Å²) in [6.45, 7) is 4.07. The summed E-state index contributed by atoms with van der Waals surface area (Å²) < 4.78 is 5.55. The van der Waals surface area contributed by atoms with Crippen molar-refractivity contribution in [2.75, 3.05) is 11.2 Å². The van der Waals surface area contributed by atoms with Crippen molar-refractivity contribution in [2.24, 2.45) is 5.92 Å². The third-order valence-electron chi connectivity index (χ3n) is 4.76. The molecule has 2 rings (SSSR count). The smallest absolute Gasteiger partial charge is 0.228 e. The van der Waals surface area contributed by atoms with Gasteiger partial charge in [0.2, 0.25) is 5.91 Å². The van der Waals surface area contributed by atoms with E-state index < -0.39 is 0 Å². The van der Waals surface area contributed by atoms with E-state index in [4.69, 9.17) is 16.1 Å². The van der Waals surface area contributed by atoms with E-state index in [0.29, 0.717) is 18.1 Å². The van der Waals surface area contributed by atoms with Gasteiger partial charge in [-0.25, -0.2) is 0 Å². The van der Waals surface area contributed by atoms with Gasteiger partial charge in [0, 0.05) is 23.3 Å².